The molecular weight excluding hydrogens is 439 g/mol. The van der Waals surface area contributed by atoms with Crippen LogP contribution < -0.4 is 10.6 Å². The predicted molar refractivity (Wildman–Crippen MR) is 122 cm³/mol. The van der Waals surface area contributed by atoms with Crippen LogP contribution in [0.25, 0.3) is 0 Å². The van der Waals surface area contributed by atoms with E-state index in [0.29, 0.717) is 5.92 Å². The third-order valence-electron chi connectivity index (χ3n) is 3.88. The van der Waals surface area contributed by atoms with Gasteiger partial charge in [0.1, 0.15) is 0 Å². The van der Waals surface area contributed by atoms with Gasteiger partial charge in [-0.2, -0.15) is 0 Å². The van der Waals surface area contributed by atoms with Crippen LogP contribution >= 0.6 is 24.0 Å². The quantitative estimate of drug-likeness (QED) is 0.222. The lowest BCUT2D eigenvalue weighted by molar-refractivity contribution is 0.108. The molecular formula is C20H37IN4O. The van der Waals surface area contributed by atoms with Gasteiger partial charge >= 0.3 is 0 Å². The third kappa shape index (κ3) is 11.7. The summed E-state index contributed by atoms with van der Waals surface area (Å²) in [4.78, 5) is 6.58. The van der Waals surface area contributed by atoms with E-state index in [-0.39, 0.29) is 24.0 Å². The van der Waals surface area contributed by atoms with Crippen LogP contribution in [0.1, 0.15) is 38.3 Å². The van der Waals surface area contributed by atoms with Gasteiger partial charge in [-0.3, -0.25) is 4.99 Å². The number of nitrogens with zero attached hydrogens (tertiary/aromatic N) is 2. The van der Waals surface area contributed by atoms with E-state index in [1.54, 1.807) is 7.05 Å². The first kappa shape index (κ1) is 25.1. The minimum Gasteiger partial charge on any atom is -0.381 e. The standard InChI is InChI=1S/C20H36N4O.HI/c1-6-24(5)15-19-10-7-9-18(13-19)14-23-20(21-4)22-11-8-12-25-16-17(2)3;/h7,9-10,13,17H,6,8,11-12,14-16H2,1-5H3,(H2,21,22,23);1H. The number of halogens is 1. The summed E-state index contributed by atoms with van der Waals surface area (Å²) >= 11 is 0. The van der Waals surface area contributed by atoms with Gasteiger partial charge in [0.15, 0.2) is 5.96 Å². The van der Waals surface area contributed by atoms with Gasteiger partial charge < -0.3 is 20.3 Å². The zero-order valence-corrected chi connectivity index (χ0v) is 19.4. The van der Waals surface area contributed by atoms with E-state index >= 15 is 0 Å². The Hall–Kier alpha value is -0.860. The van der Waals surface area contributed by atoms with Crippen LogP contribution in [0.3, 0.4) is 0 Å². The van der Waals surface area contributed by atoms with Crippen molar-refractivity contribution in [3.05, 3.63) is 35.4 Å². The Kier molecular flexibility index (Phi) is 14.7. The highest BCUT2D eigenvalue weighted by atomic mass is 127. The molecule has 0 radical (unpaired) electrons. The van der Waals surface area contributed by atoms with Crippen molar-refractivity contribution in [2.75, 3.05) is 40.4 Å². The summed E-state index contributed by atoms with van der Waals surface area (Å²) in [7, 11) is 3.94. The summed E-state index contributed by atoms with van der Waals surface area (Å²) in [5.41, 5.74) is 2.61. The van der Waals surface area contributed by atoms with Crippen LogP contribution in [0.15, 0.2) is 29.3 Å². The summed E-state index contributed by atoms with van der Waals surface area (Å²) in [5.74, 6) is 1.43. The largest absolute Gasteiger partial charge is 0.381 e. The highest BCUT2D eigenvalue weighted by Crippen LogP contribution is 2.07. The van der Waals surface area contributed by atoms with Crippen molar-refractivity contribution >= 4 is 29.9 Å². The molecule has 0 saturated carbocycles. The van der Waals surface area contributed by atoms with Gasteiger partial charge in [0.05, 0.1) is 0 Å². The smallest absolute Gasteiger partial charge is 0.191 e. The first-order valence-electron chi connectivity index (χ1n) is 9.33. The van der Waals surface area contributed by atoms with Crippen molar-refractivity contribution in [2.24, 2.45) is 10.9 Å². The molecule has 0 amide bonds. The Labute approximate surface area is 177 Å². The molecule has 1 aromatic rings. The van der Waals surface area contributed by atoms with Crippen LogP contribution in [-0.4, -0.2) is 51.3 Å². The van der Waals surface area contributed by atoms with E-state index in [2.05, 4.69) is 72.6 Å². The average Bonchev–Trinajstić information content (AvgIpc) is 2.60. The molecule has 0 heterocycles. The fourth-order valence-corrected chi connectivity index (χ4v) is 2.37. The van der Waals surface area contributed by atoms with Crippen molar-refractivity contribution in [1.82, 2.24) is 15.5 Å². The molecule has 0 aliphatic rings. The SMILES string of the molecule is CCN(C)Cc1cccc(CNC(=NC)NCCCOCC(C)C)c1.I. The molecule has 1 aromatic carbocycles. The molecule has 150 valence electrons. The molecule has 26 heavy (non-hydrogen) atoms. The van der Waals surface area contributed by atoms with Gasteiger partial charge in [-0.1, -0.05) is 45.0 Å². The van der Waals surface area contributed by atoms with E-state index in [4.69, 9.17) is 4.74 Å². The van der Waals surface area contributed by atoms with E-state index in [0.717, 1.165) is 51.8 Å². The highest BCUT2D eigenvalue weighted by molar-refractivity contribution is 14.0. The first-order chi connectivity index (χ1) is 12.0. The molecule has 0 spiro atoms. The lowest BCUT2D eigenvalue weighted by Gasteiger charge is -2.15. The normalized spacial score (nSPS) is 11.6. The van der Waals surface area contributed by atoms with Crippen LogP contribution in [0.4, 0.5) is 0 Å². The van der Waals surface area contributed by atoms with Crippen LogP contribution in [-0.2, 0) is 17.8 Å². The molecule has 0 fully saturated rings. The molecule has 6 heteroatoms. The van der Waals surface area contributed by atoms with Gasteiger partial charge in [0.25, 0.3) is 0 Å². The zero-order valence-electron chi connectivity index (χ0n) is 17.0. The topological polar surface area (TPSA) is 48.9 Å². The summed E-state index contributed by atoms with van der Waals surface area (Å²) in [6, 6.07) is 8.71. The Morgan fingerprint density at radius 3 is 2.62 bits per heavy atom. The molecule has 0 saturated heterocycles. The maximum Gasteiger partial charge on any atom is 0.191 e. The Bertz CT molecular complexity index is 508. The summed E-state index contributed by atoms with van der Waals surface area (Å²) in [5, 5.41) is 6.71. The number of nitrogens with one attached hydrogen (secondary N) is 2. The fraction of sp³-hybridized carbons (Fsp3) is 0.650. The number of hydrogen-bond acceptors (Lipinski definition) is 3. The Morgan fingerprint density at radius 1 is 1.23 bits per heavy atom. The van der Waals surface area contributed by atoms with E-state index < -0.39 is 0 Å². The van der Waals surface area contributed by atoms with Gasteiger partial charge in [0, 0.05) is 39.9 Å². The molecule has 5 nitrogen and oxygen atoms in total. The van der Waals surface area contributed by atoms with Crippen LogP contribution in [0.5, 0.6) is 0 Å². The van der Waals surface area contributed by atoms with E-state index in [9.17, 15) is 0 Å². The maximum absolute atomic E-state index is 5.59. The van der Waals surface area contributed by atoms with Crippen molar-refractivity contribution < 1.29 is 4.74 Å². The lowest BCUT2D eigenvalue weighted by Crippen LogP contribution is -2.37. The van der Waals surface area contributed by atoms with Crippen LogP contribution in [0.2, 0.25) is 0 Å². The number of hydrogen-bond donors (Lipinski definition) is 2. The van der Waals surface area contributed by atoms with Gasteiger partial charge in [0.2, 0.25) is 0 Å². The second kappa shape index (κ2) is 15.2. The maximum atomic E-state index is 5.59. The molecule has 2 N–H and O–H groups in total. The first-order valence-corrected chi connectivity index (χ1v) is 9.33. The number of guanidine groups is 1. The molecule has 0 aromatic heterocycles. The van der Waals surface area contributed by atoms with Crippen molar-refractivity contribution in [3.63, 3.8) is 0 Å². The number of ether oxygens (including phenoxy) is 1. The molecule has 0 atom stereocenters. The summed E-state index contributed by atoms with van der Waals surface area (Å²) in [6.45, 7) is 11.8. The van der Waals surface area contributed by atoms with Crippen molar-refractivity contribution in [3.8, 4) is 0 Å². The zero-order chi connectivity index (χ0) is 18.5. The Morgan fingerprint density at radius 2 is 1.96 bits per heavy atom. The second-order valence-electron chi connectivity index (χ2n) is 6.83. The summed E-state index contributed by atoms with van der Waals surface area (Å²) in [6.07, 6.45) is 0.978. The number of aliphatic imine (C=N–C) groups is 1. The van der Waals surface area contributed by atoms with E-state index in [1.807, 2.05) is 0 Å². The van der Waals surface area contributed by atoms with E-state index in [1.165, 1.54) is 11.1 Å². The fourth-order valence-electron chi connectivity index (χ4n) is 2.37. The number of rotatable bonds is 11. The van der Waals surface area contributed by atoms with Gasteiger partial charge in [-0.05, 0) is 37.1 Å². The van der Waals surface area contributed by atoms with Crippen molar-refractivity contribution in [2.45, 2.75) is 40.3 Å². The lowest BCUT2D eigenvalue weighted by atomic mass is 10.1. The molecule has 0 aliphatic heterocycles. The van der Waals surface area contributed by atoms with Gasteiger partial charge in [-0.25, -0.2) is 0 Å². The minimum absolute atomic E-state index is 0. The monoisotopic (exact) mass is 476 g/mol. The molecule has 0 bridgehead atoms. The third-order valence-corrected chi connectivity index (χ3v) is 3.88. The molecule has 1 rings (SSSR count). The Balaban J connectivity index is 0.00000625. The second-order valence-corrected chi connectivity index (χ2v) is 6.83. The van der Waals surface area contributed by atoms with Crippen molar-refractivity contribution in [1.29, 1.82) is 0 Å². The van der Waals surface area contributed by atoms with Gasteiger partial charge in [-0.15, -0.1) is 24.0 Å². The number of benzene rings is 1. The minimum atomic E-state index is 0. The van der Waals surface area contributed by atoms with Crippen LogP contribution in [0, 0.1) is 5.92 Å². The predicted octanol–water partition coefficient (Wildman–Crippen LogP) is 3.48. The average molecular weight is 476 g/mol. The summed E-state index contributed by atoms with van der Waals surface area (Å²) < 4.78 is 5.59. The molecule has 0 unspecified atom stereocenters. The highest BCUT2D eigenvalue weighted by Gasteiger charge is 2.02. The molecule has 0 aliphatic carbocycles.